The zero-order valence-electron chi connectivity index (χ0n) is 12.6. The van der Waals surface area contributed by atoms with E-state index in [2.05, 4.69) is 10.6 Å². The fourth-order valence-electron chi connectivity index (χ4n) is 1.81. The molecule has 0 aromatic carbocycles. The average molecular weight is 253 g/mol. The number of carbonyl (C=O) groups excluding carboxylic acids is 2. The van der Waals surface area contributed by atoms with Gasteiger partial charge in [-0.05, 0) is 25.7 Å². The summed E-state index contributed by atoms with van der Waals surface area (Å²) in [5, 5.41) is 5.61. The largest absolute Gasteiger partial charge is 2.00 e. The topological polar surface area (TPSA) is 58.2 Å². The number of nitrogens with one attached hydrogen (secondary N) is 2. The van der Waals surface area contributed by atoms with Crippen LogP contribution >= 0.6 is 0 Å². The molecule has 2 fully saturated rings. The Labute approximate surface area is 122 Å². The maximum absolute atomic E-state index is 10.6. The molecule has 2 rings (SSSR count). The molecule has 96 valence electrons. The van der Waals surface area contributed by atoms with Crippen LogP contribution in [0.3, 0.4) is 0 Å². The van der Waals surface area contributed by atoms with E-state index < -0.39 is 0 Å². The first kappa shape index (κ1) is 16.7. The predicted octanol–water partition coefficient (Wildman–Crippen LogP) is 1.20. The van der Waals surface area contributed by atoms with Crippen LogP contribution in [0.4, 0.5) is 0 Å². The molecule has 0 spiro atoms. The molecule has 2 aliphatic heterocycles. The predicted molar refractivity (Wildman–Crippen MR) is 70.9 cm³/mol. The molecule has 0 radical (unpaired) electrons. The Hall–Kier alpha value is -0.294. The molecule has 0 aliphatic carbocycles. The zero-order valence-corrected chi connectivity index (χ0v) is 12.0. The third kappa shape index (κ3) is 9.41. The minimum absolute atomic E-state index is 0. The van der Waals surface area contributed by atoms with E-state index in [1.807, 2.05) is 0 Å². The third-order valence-electron chi connectivity index (χ3n) is 2.81. The fraction of sp³-hybridized carbons (Fsp3) is 0.833. The molecule has 0 bridgehead atoms. The summed E-state index contributed by atoms with van der Waals surface area (Å²) in [5.41, 5.74) is 0. The van der Waals surface area contributed by atoms with Gasteiger partial charge in [-0.1, -0.05) is 12.8 Å². The van der Waals surface area contributed by atoms with Gasteiger partial charge in [0.05, 0.1) is 0 Å². The van der Waals surface area contributed by atoms with E-state index >= 15 is 0 Å². The Morgan fingerprint density at radius 3 is 1.53 bits per heavy atom. The third-order valence-corrected chi connectivity index (χ3v) is 2.81. The van der Waals surface area contributed by atoms with Gasteiger partial charge in [0.25, 0.3) is 0 Å². The zero-order chi connectivity index (χ0) is 11.6. The van der Waals surface area contributed by atoms with Gasteiger partial charge in [0.2, 0.25) is 11.8 Å². The Morgan fingerprint density at radius 2 is 1.12 bits per heavy atom. The van der Waals surface area contributed by atoms with E-state index in [0.29, 0.717) is 0 Å². The molecule has 2 aliphatic rings. The minimum Gasteiger partial charge on any atom is -1.00 e. The van der Waals surface area contributed by atoms with Gasteiger partial charge in [-0.3, -0.25) is 9.59 Å². The first-order valence-corrected chi connectivity index (χ1v) is 6.32. The van der Waals surface area contributed by atoms with E-state index in [9.17, 15) is 9.59 Å². The molecule has 5 heteroatoms. The summed E-state index contributed by atoms with van der Waals surface area (Å²) in [6.45, 7) is 1.78. The molecule has 17 heavy (non-hydrogen) atoms. The normalized spacial score (nSPS) is 20.5. The molecule has 4 nitrogen and oxygen atoms in total. The van der Waals surface area contributed by atoms with Gasteiger partial charge in [0.1, 0.15) is 0 Å². The van der Waals surface area contributed by atoms with Crippen LogP contribution in [0.1, 0.15) is 54.2 Å². The summed E-state index contributed by atoms with van der Waals surface area (Å²) in [6, 6.07) is 0. The van der Waals surface area contributed by atoms with Gasteiger partial charge in [0.15, 0.2) is 0 Å². The standard InChI is InChI=1S/2C6H11NO.Mg.2H/c2*8-6-4-2-1-3-5-7-6;;;/h2*1-5H2,(H,7,8);;;/q;;+2;2*-1. The summed E-state index contributed by atoms with van der Waals surface area (Å²) in [6.07, 6.45) is 8.35. The van der Waals surface area contributed by atoms with Crippen molar-refractivity contribution in [2.75, 3.05) is 13.1 Å². The van der Waals surface area contributed by atoms with Crippen molar-refractivity contribution in [3.05, 3.63) is 0 Å². The molecule has 0 unspecified atom stereocenters. The van der Waals surface area contributed by atoms with Crippen molar-refractivity contribution in [1.29, 1.82) is 0 Å². The van der Waals surface area contributed by atoms with Gasteiger partial charge in [-0.15, -0.1) is 0 Å². The monoisotopic (exact) mass is 252 g/mol. The second kappa shape index (κ2) is 10.8. The van der Waals surface area contributed by atoms with E-state index in [1.165, 1.54) is 12.8 Å². The quantitative estimate of drug-likeness (QED) is 0.637. The van der Waals surface area contributed by atoms with Crippen molar-refractivity contribution in [3.8, 4) is 0 Å². The van der Waals surface area contributed by atoms with E-state index in [-0.39, 0.29) is 37.7 Å². The first-order valence-electron chi connectivity index (χ1n) is 6.32. The van der Waals surface area contributed by atoms with Gasteiger partial charge in [-0.25, -0.2) is 0 Å². The molecular formula is C12H24MgN2O2. The van der Waals surface area contributed by atoms with Gasteiger partial charge < -0.3 is 13.5 Å². The molecule has 2 saturated heterocycles. The summed E-state index contributed by atoms with van der Waals surface area (Å²) >= 11 is 0. The van der Waals surface area contributed by atoms with Crippen LogP contribution in [0.15, 0.2) is 0 Å². The van der Waals surface area contributed by atoms with Crippen LogP contribution in [0, 0.1) is 0 Å². The van der Waals surface area contributed by atoms with Crippen LogP contribution in [0.25, 0.3) is 0 Å². The summed E-state index contributed by atoms with van der Waals surface area (Å²) in [4.78, 5) is 21.1. The first-order chi connectivity index (χ1) is 7.79. The summed E-state index contributed by atoms with van der Waals surface area (Å²) in [5.74, 6) is 0.449. The molecule has 0 aromatic rings. The molecule has 2 heterocycles. The smallest absolute Gasteiger partial charge is 1.00 e. The van der Waals surface area contributed by atoms with Gasteiger partial charge in [-0.2, -0.15) is 0 Å². The summed E-state index contributed by atoms with van der Waals surface area (Å²) in [7, 11) is 0. The molecular weight excluding hydrogens is 228 g/mol. The molecule has 0 saturated carbocycles. The Bertz CT molecular complexity index is 200. The number of hydrogen-bond donors (Lipinski definition) is 2. The SMILES string of the molecule is O=C1CCCCCN1.O=C1CCCCCN1.[H-].[H-].[Mg+2]. The summed E-state index contributed by atoms with van der Waals surface area (Å²) < 4.78 is 0. The van der Waals surface area contributed by atoms with Crippen molar-refractivity contribution in [1.82, 2.24) is 10.6 Å². The van der Waals surface area contributed by atoms with Crippen LogP contribution < -0.4 is 10.6 Å². The second-order valence-corrected chi connectivity index (χ2v) is 4.32. The molecule has 0 aromatic heterocycles. The fourth-order valence-corrected chi connectivity index (χ4v) is 1.81. The maximum Gasteiger partial charge on any atom is 2.00 e. The van der Waals surface area contributed by atoms with Crippen LogP contribution in [-0.4, -0.2) is 48.0 Å². The van der Waals surface area contributed by atoms with E-state index in [4.69, 9.17) is 0 Å². The van der Waals surface area contributed by atoms with E-state index in [0.717, 1.165) is 51.6 Å². The Balaban J connectivity index is -0.000000233. The van der Waals surface area contributed by atoms with Crippen LogP contribution in [0.2, 0.25) is 0 Å². The maximum atomic E-state index is 10.6. The number of rotatable bonds is 0. The number of carbonyl (C=O) groups is 2. The number of amides is 2. The van der Waals surface area contributed by atoms with Crippen molar-refractivity contribution in [3.63, 3.8) is 0 Å². The van der Waals surface area contributed by atoms with Crippen LogP contribution in [-0.2, 0) is 9.59 Å². The number of hydrogen-bond acceptors (Lipinski definition) is 2. The van der Waals surface area contributed by atoms with Crippen LogP contribution in [0.5, 0.6) is 0 Å². The Kier molecular flexibility index (Phi) is 10.6. The van der Waals surface area contributed by atoms with Gasteiger partial charge >= 0.3 is 23.1 Å². The van der Waals surface area contributed by atoms with Crippen molar-refractivity contribution >= 4 is 34.9 Å². The van der Waals surface area contributed by atoms with Crippen molar-refractivity contribution in [2.45, 2.75) is 51.4 Å². The van der Waals surface area contributed by atoms with Crippen molar-refractivity contribution in [2.24, 2.45) is 0 Å². The van der Waals surface area contributed by atoms with Gasteiger partial charge in [0, 0.05) is 25.9 Å². The second-order valence-electron chi connectivity index (χ2n) is 4.32. The minimum atomic E-state index is 0. The Morgan fingerprint density at radius 1 is 0.706 bits per heavy atom. The van der Waals surface area contributed by atoms with Crippen molar-refractivity contribution < 1.29 is 12.4 Å². The average Bonchev–Trinajstić information content (AvgIpc) is 2.64. The molecule has 2 amide bonds. The van der Waals surface area contributed by atoms with E-state index in [1.54, 1.807) is 0 Å². The molecule has 0 atom stereocenters. The molecule has 2 N–H and O–H groups in total.